The third-order valence-electron chi connectivity index (χ3n) is 3.26. The molecule has 24 heavy (non-hydrogen) atoms. The summed E-state index contributed by atoms with van der Waals surface area (Å²) in [5, 5.41) is 5.12. The molecule has 0 spiro atoms. The number of hydrogen-bond donors (Lipinski definition) is 1. The average molecular weight is 324 g/mol. The van der Waals surface area contributed by atoms with Gasteiger partial charge in [-0.1, -0.05) is 12.1 Å². The Balaban J connectivity index is 1.88. The van der Waals surface area contributed by atoms with Gasteiger partial charge in [0.05, 0.1) is 24.8 Å². The standard InChI is InChI=1S/C17H16N4O3/c1-2-23-16(22)10-14(15-8-5-9-24-15)20-21-17-12-6-3-4-7-13(12)18-11-19-17/h3-9,11H,2,10H2,1H3,(H,18,19,21)/b20-14+. The molecule has 1 N–H and O–H groups in total. The van der Waals surface area contributed by atoms with Crippen molar-refractivity contribution in [3.63, 3.8) is 0 Å². The Morgan fingerprint density at radius 3 is 2.92 bits per heavy atom. The predicted molar refractivity (Wildman–Crippen MR) is 89.7 cm³/mol. The molecular weight excluding hydrogens is 308 g/mol. The minimum Gasteiger partial charge on any atom is -0.466 e. The van der Waals surface area contributed by atoms with E-state index in [-0.39, 0.29) is 12.4 Å². The van der Waals surface area contributed by atoms with Gasteiger partial charge in [-0.05, 0) is 31.2 Å². The van der Waals surface area contributed by atoms with Gasteiger partial charge in [0.25, 0.3) is 0 Å². The van der Waals surface area contributed by atoms with Crippen LogP contribution in [0.5, 0.6) is 0 Å². The summed E-state index contributed by atoms with van der Waals surface area (Å²) in [6.45, 7) is 2.07. The Labute approximate surface area is 138 Å². The largest absolute Gasteiger partial charge is 0.466 e. The van der Waals surface area contributed by atoms with Crippen LogP contribution in [0, 0.1) is 0 Å². The molecule has 7 heteroatoms. The van der Waals surface area contributed by atoms with Gasteiger partial charge in [0, 0.05) is 5.39 Å². The molecule has 0 unspecified atom stereocenters. The molecule has 0 atom stereocenters. The topological polar surface area (TPSA) is 89.6 Å². The van der Waals surface area contributed by atoms with Crippen molar-refractivity contribution in [3.05, 3.63) is 54.7 Å². The molecule has 0 aliphatic heterocycles. The number of nitrogens with zero attached hydrogens (tertiary/aromatic N) is 3. The first-order chi connectivity index (χ1) is 11.8. The van der Waals surface area contributed by atoms with Crippen molar-refractivity contribution in [1.29, 1.82) is 0 Å². The summed E-state index contributed by atoms with van der Waals surface area (Å²) in [6.07, 6.45) is 2.98. The van der Waals surface area contributed by atoms with E-state index in [1.54, 1.807) is 19.1 Å². The fraction of sp³-hybridized carbons (Fsp3) is 0.176. The summed E-state index contributed by atoms with van der Waals surface area (Å²) in [5.41, 5.74) is 4.13. The van der Waals surface area contributed by atoms with Gasteiger partial charge in [0.2, 0.25) is 0 Å². The summed E-state index contributed by atoms with van der Waals surface area (Å²) in [7, 11) is 0. The highest BCUT2D eigenvalue weighted by Gasteiger charge is 2.14. The number of anilines is 1. The summed E-state index contributed by atoms with van der Waals surface area (Å²) >= 11 is 0. The number of ether oxygens (including phenoxy) is 1. The van der Waals surface area contributed by atoms with Crippen LogP contribution in [0.3, 0.4) is 0 Å². The van der Waals surface area contributed by atoms with Gasteiger partial charge in [-0.25, -0.2) is 9.97 Å². The molecule has 7 nitrogen and oxygen atoms in total. The lowest BCUT2D eigenvalue weighted by Gasteiger charge is -2.07. The molecule has 0 amide bonds. The van der Waals surface area contributed by atoms with Crippen LogP contribution in [-0.2, 0) is 9.53 Å². The molecule has 0 radical (unpaired) electrons. The maximum absolute atomic E-state index is 11.8. The van der Waals surface area contributed by atoms with Gasteiger partial charge in [-0.2, -0.15) is 5.10 Å². The lowest BCUT2D eigenvalue weighted by Crippen LogP contribution is -2.13. The number of para-hydroxylation sites is 1. The number of carbonyl (C=O) groups excluding carboxylic acids is 1. The number of carbonyl (C=O) groups is 1. The van der Waals surface area contributed by atoms with E-state index in [1.807, 2.05) is 24.3 Å². The molecule has 0 bridgehead atoms. The molecule has 0 saturated heterocycles. The zero-order valence-electron chi connectivity index (χ0n) is 13.1. The molecule has 3 aromatic rings. The predicted octanol–water partition coefficient (Wildman–Crippen LogP) is 2.99. The lowest BCUT2D eigenvalue weighted by atomic mass is 10.2. The molecule has 1 aromatic carbocycles. The van der Waals surface area contributed by atoms with E-state index in [9.17, 15) is 4.79 Å². The van der Waals surface area contributed by atoms with Crippen molar-refractivity contribution in [2.45, 2.75) is 13.3 Å². The van der Waals surface area contributed by atoms with Crippen LogP contribution in [0.2, 0.25) is 0 Å². The average Bonchev–Trinajstić information content (AvgIpc) is 3.13. The molecule has 2 aromatic heterocycles. The normalized spacial score (nSPS) is 11.5. The van der Waals surface area contributed by atoms with E-state index >= 15 is 0 Å². The number of esters is 1. The van der Waals surface area contributed by atoms with E-state index in [1.165, 1.54) is 12.6 Å². The van der Waals surface area contributed by atoms with Crippen molar-refractivity contribution in [2.24, 2.45) is 5.10 Å². The van der Waals surface area contributed by atoms with E-state index in [0.717, 1.165) is 10.9 Å². The van der Waals surface area contributed by atoms with Crippen LogP contribution >= 0.6 is 0 Å². The van der Waals surface area contributed by atoms with Gasteiger partial charge >= 0.3 is 5.97 Å². The Morgan fingerprint density at radius 2 is 2.12 bits per heavy atom. The van der Waals surface area contributed by atoms with Crippen molar-refractivity contribution in [3.8, 4) is 0 Å². The van der Waals surface area contributed by atoms with Crippen LogP contribution in [0.15, 0.2) is 58.5 Å². The first kappa shape index (κ1) is 15.7. The number of aromatic nitrogens is 2. The summed E-state index contributed by atoms with van der Waals surface area (Å²) in [6, 6.07) is 11.0. The first-order valence-corrected chi connectivity index (χ1v) is 7.49. The Hall–Kier alpha value is -3.22. The number of nitrogens with one attached hydrogen (secondary N) is 1. The van der Waals surface area contributed by atoms with Crippen molar-refractivity contribution in [2.75, 3.05) is 12.0 Å². The summed E-state index contributed by atoms with van der Waals surface area (Å²) < 4.78 is 10.3. The zero-order valence-corrected chi connectivity index (χ0v) is 13.1. The zero-order chi connectivity index (χ0) is 16.8. The monoisotopic (exact) mass is 324 g/mol. The third kappa shape index (κ3) is 3.57. The Kier molecular flexibility index (Phi) is 4.81. The molecule has 0 aliphatic carbocycles. The van der Waals surface area contributed by atoms with Crippen molar-refractivity contribution >= 4 is 28.4 Å². The van der Waals surface area contributed by atoms with Crippen molar-refractivity contribution in [1.82, 2.24) is 9.97 Å². The number of benzene rings is 1. The Bertz CT molecular complexity index is 854. The van der Waals surface area contributed by atoms with Gasteiger partial charge in [-0.3, -0.25) is 10.2 Å². The van der Waals surface area contributed by atoms with Crippen LogP contribution in [0.1, 0.15) is 19.1 Å². The maximum Gasteiger partial charge on any atom is 0.312 e. The number of fused-ring (bicyclic) bond motifs is 1. The van der Waals surface area contributed by atoms with E-state index in [4.69, 9.17) is 9.15 Å². The quantitative estimate of drug-likeness (QED) is 0.426. The Morgan fingerprint density at radius 1 is 1.25 bits per heavy atom. The van der Waals surface area contributed by atoms with Crippen LogP contribution in [-0.4, -0.2) is 28.3 Å². The van der Waals surface area contributed by atoms with Gasteiger partial charge in [0.1, 0.15) is 17.8 Å². The van der Waals surface area contributed by atoms with E-state index < -0.39 is 0 Å². The molecule has 2 heterocycles. The first-order valence-electron chi connectivity index (χ1n) is 7.49. The highest BCUT2D eigenvalue weighted by atomic mass is 16.5. The van der Waals surface area contributed by atoms with Gasteiger partial charge in [0.15, 0.2) is 5.82 Å². The summed E-state index contributed by atoms with van der Waals surface area (Å²) in [5.74, 6) is 0.671. The number of rotatable bonds is 6. The third-order valence-corrected chi connectivity index (χ3v) is 3.26. The smallest absolute Gasteiger partial charge is 0.312 e. The SMILES string of the molecule is CCOC(=O)C/C(=N\Nc1ncnc2ccccc12)c1ccco1. The van der Waals surface area contributed by atoms with Crippen LogP contribution in [0.4, 0.5) is 5.82 Å². The highest BCUT2D eigenvalue weighted by Crippen LogP contribution is 2.18. The minimum atomic E-state index is -0.373. The lowest BCUT2D eigenvalue weighted by molar-refractivity contribution is -0.141. The van der Waals surface area contributed by atoms with Gasteiger partial charge in [-0.15, -0.1) is 0 Å². The second-order valence-corrected chi connectivity index (χ2v) is 4.87. The van der Waals surface area contributed by atoms with Crippen molar-refractivity contribution < 1.29 is 13.9 Å². The molecular formula is C17H16N4O3. The van der Waals surface area contributed by atoms with Gasteiger partial charge < -0.3 is 9.15 Å². The second kappa shape index (κ2) is 7.36. The molecule has 3 rings (SSSR count). The highest BCUT2D eigenvalue weighted by molar-refractivity contribution is 6.08. The number of furan rings is 1. The van der Waals surface area contributed by atoms with E-state index in [0.29, 0.717) is 23.9 Å². The van der Waals surface area contributed by atoms with Crippen LogP contribution < -0.4 is 5.43 Å². The molecule has 0 aliphatic rings. The minimum absolute atomic E-state index is 0.00261. The summed E-state index contributed by atoms with van der Waals surface area (Å²) in [4.78, 5) is 20.2. The molecule has 122 valence electrons. The maximum atomic E-state index is 11.8. The number of hydrogen-bond acceptors (Lipinski definition) is 7. The molecule has 0 fully saturated rings. The van der Waals surface area contributed by atoms with E-state index in [2.05, 4.69) is 20.5 Å². The van der Waals surface area contributed by atoms with Crippen LogP contribution in [0.25, 0.3) is 10.9 Å². The second-order valence-electron chi connectivity index (χ2n) is 4.87. The number of hydrazone groups is 1. The fourth-order valence-electron chi connectivity index (χ4n) is 2.19. The fourth-order valence-corrected chi connectivity index (χ4v) is 2.19. The molecule has 0 saturated carbocycles.